The Bertz CT molecular complexity index is 1730. The molecule has 0 aromatic heterocycles. The number of ketones is 2. The zero-order chi connectivity index (χ0) is 31.6. The first kappa shape index (κ1) is 29.0. The summed E-state index contributed by atoms with van der Waals surface area (Å²) in [5.74, 6) is -3.40. The number of phenolic OH excluding ortho intramolecular Hbond substituents is 1. The van der Waals surface area contributed by atoms with Gasteiger partial charge in [0.15, 0.2) is 11.6 Å². The van der Waals surface area contributed by atoms with E-state index in [2.05, 4.69) is 4.90 Å². The number of anilines is 2. The van der Waals surface area contributed by atoms with Crippen LogP contribution in [0.2, 0.25) is 0 Å². The number of Topliss-reactive ketones (excluding diaryl/α,β-unsaturated/α-hetero) is 1. The quantitative estimate of drug-likeness (QED) is 0.305. The van der Waals surface area contributed by atoms with E-state index in [1.165, 1.54) is 31.3 Å². The Labute approximate surface area is 260 Å². The number of allylic oxidation sites excluding steroid dienone is 6. The molecule has 3 aliphatic carbocycles. The Morgan fingerprint density at radius 2 is 1.62 bits per heavy atom. The number of rotatable bonds is 5. The molecule has 2 amide bonds. The predicted octanol–water partition coefficient (Wildman–Crippen LogP) is 3.88. The molecular weight excluding hydrogens is 576 g/mol. The van der Waals surface area contributed by atoms with Crippen molar-refractivity contribution in [3.8, 4) is 17.2 Å². The zero-order valence-electron chi connectivity index (χ0n) is 25.4. The lowest BCUT2D eigenvalue weighted by atomic mass is 9.59. The standard InChI is InChI=1S/C35H34N2O8/c1-18-14-26(38)30-25(33(18)40)17-24-22(31(30)32-27(39)15-21(43-2)16-28(32)44-3)8-9-23-29(24)35(42)37(34(23)41)20-6-4-19(5-7-20)36-10-12-45-13-11-36/h4-8,14-16,23-24,29,31,39H,9-13,17H2,1-3H3/t23-,24+,29-,31-/m0/s1. The molecule has 0 unspecified atom stereocenters. The van der Waals surface area contributed by atoms with Crippen LogP contribution in [0.15, 0.2) is 70.8 Å². The number of benzene rings is 2. The number of hydrogen-bond donors (Lipinski definition) is 1. The number of nitrogens with zero attached hydrogens (tertiary/aromatic N) is 2. The maximum Gasteiger partial charge on any atom is 0.238 e. The van der Waals surface area contributed by atoms with Gasteiger partial charge in [-0.1, -0.05) is 11.6 Å². The highest BCUT2D eigenvalue weighted by Crippen LogP contribution is 2.58. The third-order valence-electron chi connectivity index (χ3n) is 9.88. The van der Waals surface area contributed by atoms with Crippen molar-refractivity contribution >= 4 is 34.8 Å². The topological polar surface area (TPSA) is 123 Å². The second-order valence-electron chi connectivity index (χ2n) is 12.1. The summed E-state index contributed by atoms with van der Waals surface area (Å²) in [7, 11) is 2.92. The van der Waals surface area contributed by atoms with E-state index in [0.29, 0.717) is 47.8 Å². The van der Waals surface area contributed by atoms with Crippen LogP contribution in [-0.4, -0.2) is 69.0 Å². The number of carbonyl (C=O) groups is 4. The minimum atomic E-state index is -0.842. The number of aromatic hydroxyl groups is 1. The number of methoxy groups -OCH3 is 2. The first-order chi connectivity index (χ1) is 21.7. The fourth-order valence-corrected chi connectivity index (χ4v) is 7.77. The molecule has 0 bridgehead atoms. The van der Waals surface area contributed by atoms with Crippen molar-refractivity contribution in [2.75, 3.05) is 50.3 Å². The second kappa shape index (κ2) is 11.0. The number of imide groups is 1. The molecule has 0 radical (unpaired) electrons. The first-order valence-corrected chi connectivity index (χ1v) is 15.2. The number of hydrogen-bond acceptors (Lipinski definition) is 9. The largest absolute Gasteiger partial charge is 0.507 e. The highest BCUT2D eigenvalue weighted by Gasteiger charge is 2.57. The average Bonchev–Trinajstić information content (AvgIpc) is 3.32. The zero-order valence-corrected chi connectivity index (χ0v) is 25.4. The summed E-state index contributed by atoms with van der Waals surface area (Å²) in [6, 6.07) is 10.5. The molecule has 2 aromatic rings. The molecule has 232 valence electrons. The van der Waals surface area contributed by atoms with E-state index in [0.717, 1.165) is 24.4 Å². The van der Waals surface area contributed by atoms with Gasteiger partial charge >= 0.3 is 0 Å². The highest BCUT2D eigenvalue weighted by molar-refractivity contribution is 6.25. The molecule has 45 heavy (non-hydrogen) atoms. The Kier molecular flexibility index (Phi) is 7.12. The van der Waals surface area contributed by atoms with Gasteiger partial charge in [-0.15, -0.1) is 0 Å². The normalized spacial score (nSPS) is 26.3. The summed E-state index contributed by atoms with van der Waals surface area (Å²) >= 11 is 0. The van der Waals surface area contributed by atoms with E-state index in [-0.39, 0.29) is 46.9 Å². The van der Waals surface area contributed by atoms with Crippen LogP contribution in [0.4, 0.5) is 11.4 Å². The third kappa shape index (κ3) is 4.49. The Balaban J connectivity index is 1.30. The Hall–Kier alpha value is -4.70. The average molecular weight is 611 g/mol. The molecule has 0 saturated carbocycles. The maximum atomic E-state index is 14.3. The summed E-state index contributed by atoms with van der Waals surface area (Å²) in [5, 5.41) is 11.3. The monoisotopic (exact) mass is 610 g/mol. The van der Waals surface area contributed by atoms with Gasteiger partial charge in [-0.05, 0) is 56.0 Å². The van der Waals surface area contributed by atoms with Gasteiger partial charge in [-0.25, -0.2) is 0 Å². The van der Waals surface area contributed by atoms with Crippen LogP contribution < -0.4 is 19.3 Å². The lowest BCUT2D eigenvalue weighted by Gasteiger charge is -2.42. The number of ether oxygens (including phenoxy) is 3. The van der Waals surface area contributed by atoms with E-state index in [1.807, 2.05) is 18.2 Å². The van der Waals surface area contributed by atoms with E-state index in [1.54, 1.807) is 25.1 Å². The number of fused-ring (bicyclic) bond motifs is 3. The van der Waals surface area contributed by atoms with Crippen LogP contribution in [0.5, 0.6) is 17.2 Å². The van der Waals surface area contributed by atoms with Crippen LogP contribution in [0.1, 0.15) is 31.2 Å². The van der Waals surface area contributed by atoms with Gasteiger partial charge in [-0.2, -0.15) is 0 Å². The summed E-state index contributed by atoms with van der Waals surface area (Å²) in [6.07, 6.45) is 3.69. The summed E-state index contributed by atoms with van der Waals surface area (Å²) in [6.45, 7) is 4.43. The molecule has 2 aromatic carbocycles. The molecule has 7 rings (SSSR count). The van der Waals surface area contributed by atoms with Crippen molar-refractivity contribution < 1.29 is 38.5 Å². The number of morpholine rings is 1. The van der Waals surface area contributed by atoms with Gasteiger partial charge in [0.05, 0.1) is 45.0 Å². The van der Waals surface area contributed by atoms with E-state index in [4.69, 9.17) is 14.2 Å². The van der Waals surface area contributed by atoms with Crippen LogP contribution in [0.3, 0.4) is 0 Å². The van der Waals surface area contributed by atoms with Gasteiger partial charge in [0, 0.05) is 59.1 Å². The highest BCUT2D eigenvalue weighted by atomic mass is 16.5. The molecule has 2 aliphatic heterocycles. The lowest BCUT2D eigenvalue weighted by Crippen LogP contribution is -2.40. The molecule has 2 heterocycles. The Morgan fingerprint density at radius 3 is 2.31 bits per heavy atom. The van der Waals surface area contributed by atoms with Crippen LogP contribution >= 0.6 is 0 Å². The predicted molar refractivity (Wildman–Crippen MR) is 165 cm³/mol. The number of amides is 2. The smallest absolute Gasteiger partial charge is 0.238 e. The molecule has 2 fully saturated rings. The van der Waals surface area contributed by atoms with Gasteiger partial charge in [0.2, 0.25) is 11.8 Å². The van der Waals surface area contributed by atoms with Gasteiger partial charge in [-0.3, -0.25) is 24.1 Å². The van der Waals surface area contributed by atoms with Crippen molar-refractivity contribution in [1.29, 1.82) is 0 Å². The minimum absolute atomic E-state index is 0.149. The molecule has 5 aliphatic rings. The van der Waals surface area contributed by atoms with Crippen molar-refractivity contribution in [3.63, 3.8) is 0 Å². The molecule has 10 nitrogen and oxygen atoms in total. The van der Waals surface area contributed by atoms with Crippen molar-refractivity contribution in [3.05, 3.63) is 76.4 Å². The Morgan fingerprint density at radius 1 is 0.911 bits per heavy atom. The van der Waals surface area contributed by atoms with Crippen molar-refractivity contribution in [1.82, 2.24) is 0 Å². The number of phenols is 1. The summed E-state index contributed by atoms with van der Waals surface area (Å²) < 4.78 is 16.5. The fourth-order valence-electron chi connectivity index (χ4n) is 7.77. The maximum absolute atomic E-state index is 14.3. The van der Waals surface area contributed by atoms with Gasteiger partial charge in [0.25, 0.3) is 0 Å². The van der Waals surface area contributed by atoms with Crippen LogP contribution in [-0.2, 0) is 23.9 Å². The molecule has 4 atom stereocenters. The molecule has 10 heteroatoms. The fraction of sp³-hybridized carbons (Fsp3) is 0.371. The number of carbonyl (C=O) groups excluding carboxylic acids is 4. The van der Waals surface area contributed by atoms with E-state index in [9.17, 15) is 24.3 Å². The molecular formula is C35H34N2O8. The van der Waals surface area contributed by atoms with E-state index >= 15 is 0 Å². The van der Waals surface area contributed by atoms with Gasteiger partial charge in [0.1, 0.15) is 17.2 Å². The van der Waals surface area contributed by atoms with Gasteiger partial charge < -0.3 is 24.2 Å². The van der Waals surface area contributed by atoms with Crippen LogP contribution in [0.25, 0.3) is 0 Å². The molecule has 1 N–H and O–H groups in total. The summed E-state index contributed by atoms with van der Waals surface area (Å²) in [4.78, 5) is 58.8. The summed E-state index contributed by atoms with van der Waals surface area (Å²) in [5.41, 5.74) is 3.46. The third-order valence-corrected chi connectivity index (χ3v) is 9.88. The minimum Gasteiger partial charge on any atom is -0.507 e. The molecule has 2 saturated heterocycles. The molecule has 0 spiro atoms. The van der Waals surface area contributed by atoms with Crippen molar-refractivity contribution in [2.24, 2.45) is 17.8 Å². The first-order valence-electron chi connectivity index (χ1n) is 15.2. The van der Waals surface area contributed by atoms with Crippen LogP contribution in [0, 0.1) is 17.8 Å². The lowest BCUT2D eigenvalue weighted by molar-refractivity contribution is -0.123. The second-order valence-corrected chi connectivity index (χ2v) is 12.1. The SMILES string of the molecule is COc1cc(O)c([C@H]2C3=CC[C@@H]4C(=O)N(c5ccc(N6CCOCC6)cc5)C(=O)[C@@H]4[C@@H]3CC3=C2C(=O)C=C(C)C3=O)c(OC)c1. The van der Waals surface area contributed by atoms with Crippen molar-refractivity contribution in [2.45, 2.75) is 25.7 Å². The van der Waals surface area contributed by atoms with E-state index < -0.39 is 23.7 Å².